The zero-order valence-corrected chi connectivity index (χ0v) is 40.0. The molecule has 6 heteroatoms. The van der Waals surface area contributed by atoms with Gasteiger partial charge in [-0.3, -0.25) is 14.4 Å². The largest absolute Gasteiger partial charge is 0.462 e. The Morgan fingerprint density at radius 2 is 0.617 bits per heavy atom. The van der Waals surface area contributed by atoms with Gasteiger partial charge in [-0.15, -0.1) is 0 Å². The van der Waals surface area contributed by atoms with Gasteiger partial charge < -0.3 is 14.2 Å². The first-order valence-corrected chi connectivity index (χ1v) is 26.0. The van der Waals surface area contributed by atoms with E-state index in [-0.39, 0.29) is 31.1 Å². The summed E-state index contributed by atoms with van der Waals surface area (Å²) in [5.74, 6) is -0.894. The maximum Gasteiger partial charge on any atom is 0.306 e. The second kappa shape index (κ2) is 49.3. The molecular weight excluding hydrogens is 745 g/mol. The summed E-state index contributed by atoms with van der Waals surface area (Å²) < 4.78 is 16.8. The van der Waals surface area contributed by atoms with Gasteiger partial charge in [-0.2, -0.15) is 0 Å². The smallest absolute Gasteiger partial charge is 0.306 e. The molecule has 0 amide bonds. The van der Waals surface area contributed by atoms with E-state index in [1.807, 2.05) is 0 Å². The highest BCUT2D eigenvalue weighted by Crippen LogP contribution is 2.16. The van der Waals surface area contributed by atoms with Gasteiger partial charge in [0.1, 0.15) is 13.2 Å². The van der Waals surface area contributed by atoms with Crippen LogP contribution < -0.4 is 0 Å². The molecule has 0 aromatic rings. The molecule has 60 heavy (non-hydrogen) atoms. The Bertz CT molecular complexity index is 1020. The lowest BCUT2D eigenvalue weighted by molar-refractivity contribution is -0.167. The highest BCUT2D eigenvalue weighted by atomic mass is 16.6. The number of allylic oxidation sites excluding steroid dienone is 6. The van der Waals surface area contributed by atoms with Crippen molar-refractivity contribution < 1.29 is 28.6 Å². The van der Waals surface area contributed by atoms with Gasteiger partial charge in [0, 0.05) is 19.3 Å². The van der Waals surface area contributed by atoms with E-state index in [1.54, 1.807) is 0 Å². The van der Waals surface area contributed by atoms with E-state index in [4.69, 9.17) is 14.2 Å². The molecule has 6 nitrogen and oxygen atoms in total. The number of esters is 3. The molecule has 0 spiro atoms. The summed E-state index contributed by atoms with van der Waals surface area (Å²) in [5, 5.41) is 0. The normalized spacial score (nSPS) is 12.2. The lowest BCUT2D eigenvalue weighted by Gasteiger charge is -2.18. The van der Waals surface area contributed by atoms with E-state index in [0.29, 0.717) is 19.3 Å². The number of unbranched alkanes of at least 4 members (excludes halogenated alkanes) is 31. The predicted molar refractivity (Wildman–Crippen MR) is 256 cm³/mol. The standard InChI is InChI=1S/C54H98O6/c1-4-7-10-13-16-19-22-24-26-27-29-30-32-35-38-41-44-47-53(56)59-50-51(49-58-52(55)46-43-40-37-34-21-18-15-12-9-6-3)60-54(57)48-45-42-39-36-33-31-28-25-23-20-17-14-11-8-5-2/h15,17-18,20,23,25,51H,4-14,16,19,21-22,24,26-50H2,1-3H3/b18-15-,20-17-,25-23-. The first-order chi connectivity index (χ1) is 29.5. The number of rotatable bonds is 47. The second-order valence-corrected chi connectivity index (χ2v) is 17.5. The minimum atomic E-state index is -0.778. The summed E-state index contributed by atoms with van der Waals surface area (Å²) in [6, 6.07) is 0. The summed E-state index contributed by atoms with van der Waals surface area (Å²) in [7, 11) is 0. The van der Waals surface area contributed by atoms with Crippen molar-refractivity contribution in [2.75, 3.05) is 13.2 Å². The van der Waals surface area contributed by atoms with Crippen molar-refractivity contribution in [2.45, 2.75) is 277 Å². The van der Waals surface area contributed by atoms with Crippen LogP contribution in [0, 0.1) is 0 Å². The van der Waals surface area contributed by atoms with Crippen molar-refractivity contribution in [3.05, 3.63) is 36.5 Å². The average molecular weight is 843 g/mol. The van der Waals surface area contributed by atoms with Crippen molar-refractivity contribution in [3.8, 4) is 0 Å². The molecule has 0 aromatic heterocycles. The molecule has 0 heterocycles. The SMILES string of the molecule is CCCC/C=C\CCCCCCC(=O)OCC(COC(=O)CCCCCCCCCCCCCCCCCCC)OC(=O)CCCCCCCC/C=C\C=C/CCCCC. The Hall–Kier alpha value is -2.37. The van der Waals surface area contributed by atoms with Crippen LogP contribution in [0.5, 0.6) is 0 Å². The Labute approximate surface area is 372 Å². The molecule has 0 saturated carbocycles. The van der Waals surface area contributed by atoms with Crippen LogP contribution in [0.2, 0.25) is 0 Å². The van der Waals surface area contributed by atoms with Gasteiger partial charge in [-0.25, -0.2) is 0 Å². The van der Waals surface area contributed by atoms with Gasteiger partial charge >= 0.3 is 17.9 Å². The third-order valence-electron chi connectivity index (χ3n) is 11.4. The van der Waals surface area contributed by atoms with Crippen LogP contribution in [0.1, 0.15) is 271 Å². The van der Waals surface area contributed by atoms with Crippen LogP contribution in [0.4, 0.5) is 0 Å². The highest BCUT2D eigenvalue weighted by Gasteiger charge is 2.19. The number of ether oxygens (including phenoxy) is 3. The zero-order valence-electron chi connectivity index (χ0n) is 40.0. The van der Waals surface area contributed by atoms with E-state index >= 15 is 0 Å². The highest BCUT2D eigenvalue weighted by molar-refractivity contribution is 5.71. The van der Waals surface area contributed by atoms with E-state index in [9.17, 15) is 14.4 Å². The fourth-order valence-electron chi connectivity index (χ4n) is 7.41. The Kier molecular flexibility index (Phi) is 47.3. The number of hydrogen-bond donors (Lipinski definition) is 0. The molecule has 0 N–H and O–H groups in total. The van der Waals surface area contributed by atoms with Crippen LogP contribution in [0.3, 0.4) is 0 Å². The molecule has 0 fully saturated rings. The first kappa shape index (κ1) is 57.6. The van der Waals surface area contributed by atoms with E-state index in [2.05, 4.69) is 57.2 Å². The van der Waals surface area contributed by atoms with E-state index in [0.717, 1.165) is 83.5 Å². The molecule has 0 rings (SSSR count). The second-order valence-electron chi connectivity index (χ2n) is 17.5. The van der Waals surface area contributed by atoms with E-state index in [1.165, 1.54) is 148 Å². The van der Waals surface area contributed by atoms with Crippen molar-refractivity contribution in [1.29, 1.82) is 0 Å². The Morgan fingerprint density at radius 1 is 0.333 bits per heavy atom. The van der Waals surface area contributed by atoms with Gasteiger partial charge in [0.2, 0.25) is 0 Å². The van der Waals surface area contributed by atoms with Crippen LogP contribution in [0.15, 0.2) is 36.5 Å². The van der Waals surface area contributed by atoms with E-state index < -0.39 is 6.10 Å². The van der Waals surface area contributed by atoms with Crippen molar-refractivity contribution in [2.24, 2.45) is 0 Å². The lowest BCUT2D eigenvalue weighted by Crippen LogP contribution is -2.30. The Balaban J connectivity index is 4.33. The average Bonchev–Trinajstić information content (AvgIpc) is 3.24. The molecule has 0 aliphatic rings. The Morgan fingerprint density at radius 3 is 1.02 bits per heavy atom. The molecule has 0 aliphatic carbocycles. The van der Waals surface area contributed by atoms with Gasteiger partial charge in [0.25, 0.3) is 0 Å². The van der Waals surface area contributed by atoms with Gasteiger partial charge in [-0.05, 0) is 64.2 Å². The van der Waals surface area contributed by atoms with Crippen LogP contribution in [-0.4, -0.2) is 37.2 Å². The number of hydrogen-bond acceptors (Lipinski definition) is 6. The summed E-state index contributed by atoms with van der Waals surface area (Å²) >= 11 is 0. The van der Waals surface area contributed by atoms with Crippen LogP contribution in [-0.2, 0) is 28.6 Å². The van der Waals surface area contributed by atoms with Crippen molar-refractivity contribution in [3.63, 3.8) is 0 Å². The van der Waals surface area contributed by atoms with Crippen LogP contribution in [0.25, 0.3) is 0 Å². The maximum atomic E-state index is 12.8. The lowest BCUT2D eigenvalue weighted by atomic mass is 10.0. The monoisotopic (exact) mass is 843 g/mol. The maximum absolute atomic E-state index is 12.8. The molecule has 0 saturated heterocycles. The fourth-order valence-corrected chi connectivity index (χ4v) is 7.41. The minimum absolute atomic E-state index is 0.0777. The molecular formula is C54H98O6. The molecule has 0 radical (unpaired) electrons. The molecule has 0 bridgehead atoms. The first-order valence-electron chi connectivity index (χ1n) is 26.0. The predicted octanol–water partition coefficient (Wildman–Crippen LogP) is 16.9. The number of carbonyl (C=O) groups excluding carboxylic acids is 3. The van der Waals surface area contributed by atoms with Gasteiger partial charge in [0.15, 0.2) is 6.10 Å². The number of carbonyl (C=O) groups is 3. The molecule has 350 valence electrons. The van der Waals surface area contributed by atoms with Gasteiger partial charge in [-0.1, -0.05) is 224 Å². The fraction of sp³-hybridized carbons (Fsp3) is 0.833. The molecule has 1 unspecified atom stereocenters. The third-order valence-corrected chi connectivity index (χ3v) is 11.4. The third kappa shape index (κ3) is 46.7. The molecule has 0 aliphatic heterocycles. The summed E-state index contributed by atoms with van der Waals surface area (Å²) in [5.41, 5.74) is 0. The minimum Gasteiger partial charge on any atom is -0.462 e. The summed E-state index contributed by atoms with van der Waals surface area (Å²) in [6.07, 6.45) is 57.0. The van der Waals surface area contributed by atoms with Crippen molar-refractivity contribution in [1.82, 2.24) is 0 Å². The molecule has 1 atom stereocenters. The summed E-state index contributed by atoms with van der Waals surface area (Å²) in [4.78, 5) is 37.9. The van der Waals surface area contributed by atoms with Crippen LogP contribution >= 0.6 is 0 Å². The zero-order chi connectivity index (χ0) is 43.7. The van der Waals surface area contributed by atoms with Crippen molar-refractivity contribution >= 4 is 17.9 Å². The quantitative estimate of drug-likeness (QED) is 0.0200. The summed E-state index contributed by atoms with van der Waals surface area (Å²) in [6.45, 7) is 6.57. The topological polar surface area (TPSA) is 78.9 Å². The molecule has 0 aromatic carbocycles. The van der Waals surface area contributed by atoms with Gasteiger partial charge in [0.05, 0.1) is 0 Å².